The van der Waals surface area contributed by atoms with Gasteiger partial charge in [-0.15, -0.1) is 0 Å². The zero-order valence-corrected chi connectivity index (χ0v) is 6.80. The van der Waals surface area contributed by atoms with Crippen molar-refractivity contribution < 1.29 is 9.53 Å². The van der Waals surface area contributed by atoms with E-state index >= 15 is 0 Å². The third-order valence-corrected chi connectivity index (χ3v) is 1.67. The molecular formula is C7H7NO2S. The molecule has 0 aliphatic carbocycles. The summed E-state index contributed by atoms with van der Waals surface area (Å²) in [4.78, 5) is 15.1. The molecule has 11 heavy (non-hydrogen) atoms. The van der Waals surface area contributed by atoms with Crippen molar-refractivity contribution in [1.29, 1.82) is 0 Å². The van der Waals surface area contributed by atoms with E-state index in [2.05, 4.69) is 9.73 Å². The first-order valence-corrected chi connectivity index (χ1v) is 3.49. The van der Waals surface area contributed by atoms with Crippen molar-refractivity contribution >= 4 is 29.4 Å². The van der Waals surface area contributed by atoms with Gasteiger partial charge in [0.2, 0.25) is 0 Å². The standard InChI is InChI=1S/C7H7NO2S/c1-10-7(9)5-3-2-4-8-6(5)11/h2-5H,1H3. The molecule has 0 aromatic heterocycles. The lowest BCUT2D eigenvalue weighted by Crippen LogP contribution is -2.22. The molecule has 1 aliphatic rings. The van der Waals surface area contributed by atoms with Crippen LogP contribution in [0.25, 0.3) is 0 Å². The largest absolute Gasteiger partial charge is 0.468 e. The van der Waals surface area contributed by atoms with E-state index in [0.717, 1.165) is 0 Å². The maximum absolute atomic E-state index is 10.9. The van der Waals surface area contributed by atoms with Gasteiger partial charge in [-0.3, -0.25) is 4.79 Å². The number of carbonyl (C=O) groups excluding carboxylic acids is 1. The van der Waals surface area contributed by atoms with E-state index in [1.54, 1.807) is 18.4 Å². The van der Waals surface area contributed by atoms with E-state index in [0.29, 0.717) is 4.99 Å². The van der Waals surface area contributed by atoms with E-state index in [1.807, 2.05) is 0 Å². The summed E-state index contributed by atoms with van der Waals surface area (Å²) in [5, 5.41) is 0. The van der Waals surface area contributed by atoms with Crippen LogP contribution in [0.1, 0.15) is 0 Å². The van der Waals surface area contributed by atoms with Crippen LogP contribution in [0.3, 0.4) is 0 Å². The Morgan fingerprint density at radius 2 is 2.55 bits per heavy atom. The molecule has 0 spiro atoms. The molecule has 0 radical (unpaired) electrons. The van der Waals surface area contributed by atoms with Gasteiger partial charge in [0, 0.05) is 6.21 Å². The minimum absolute atomic E-state index is 0.358. The molecule has 1 atom stereocenters. The van der Waals surface area contributed by atoms with Crippen molar-refractivity contribution in [2.24, 2.45) is 10.9 Å². The number of nitrogens with zero attached hydrogens (tertiary/aromatic N) is 1. The Balaban J connectivity index is 2.73. The Morgan fingerprint density at radius 3 is 3.09 bits per heavy atom. The second-order valence-electron chi connectivity index (χ2n) is 2.00. The number of thiocarbonyl (C=S) groups is 1. The lowest BCUT2D eigenvalue weighted by molar-refractivity contribution is -0.141. The van der Waals surface area contributed by atoms with Gasteiger partial charge >= 0.3 is 5.97 Å². The molecule has 0 fully saturated rings. The average Bonchev–Trinajstić information content (AvgIpc) is 2.04. The highest BCUT2D eigenvalue weighted by Crippen LogP contribution is 2.09. The van der Waals surface area contributed by atoms with Crippen molar-refractivity contribution in [3.05, 3.63) is 12.2 Å². The molecule has 0 amide bonds. The maximum atomic E-state index is 10.9. The smallest absolute Gasteiger partial charge is 0.319 e. The number of esters is 1. The summed E-state index contributed by atoms with van der Waals surface area (Å²) >= 11 is 4.82. The van der Waals surface area contributed by atoms with E-state index in [1.165, 1.54) is 7.11 Å². The molecule has 4 heteroatoms. The van der Waals surface area contributed by atoms with Gasteiger partial charge in [-0.25, -0.2) is 4.99 Å². The summed E-state index contributed by atoms with van der Waals surface area (Å²) in [6, 6.07) is 0. The number of carbonyl (C=O) groups is 1. The number of dihydropyridines is 1. The molecule has 0 aromatic carbocycles. The second kappa shape index (κ2) is 3.39. The van der Waals surface area contributed by atoms with Gasteiger partial charge in [0.05, 0.1) is 7.11 Å². The molecule has 0 saturated carbocycles. The summed E-state index contributed by atoms with van der Waals surface area (Å²) in [6.45, 7) is 0. The van der Waals surface area contributed by atoms with Crippen molar-refractivity contribution in [1.82, 2.24) is 0 Å². The lowest BCUT2D eigenvalue weighted by atomic mass is 10.1. The molecule has 1 heterocycles. The molecule has 58 valence electrons. The minimum Gasteiger partial charge on any atom is -0.468 e. The quantitative estimate of drug-likeness (QED) is 0.429. The number of ether oxygens (including phenoxy) is 1. The predicted molar refractivity (Wildman–Crippen MR) is 45.7 cm³/mol. The maximum Gasteiger partial charge on any atom is 0.319 e. The van der Waals surface area contributed by atoms with E-state index < -0.39 is 5.92 Å². The van der Waals surface area contributed by atoms with Crippen LogP contribution in [0.5, 0.6) is 0 Å². The summed E-state index contributed by atoms with van der Waals surface area (Å²) < 4.78 is 4.51. The highest BCUT2D eigenvalue weighted by molar-refractivity contribution is 7.80. The minimum atomic E-state index is -0.472. The van der Waals surface area contributed by atoms with Crippen LogP contribution in [0.4, 0.5) is 0 Å². The SMILES string of the molecule is COC(=O)C1C=CC=NC1=S. The van der Waals surface area contributed by atoms with Gasteiger partial charge in [0.25, 0.3) is 0 Å². The molecule has 1 rings (SSSR count). The molecule has 0 saturated heterocycles. The number of aliphatic imine (C=N–C) groups is 1. The lowest BCUT2D eigenvalue weighted by Gasteiger charge is -2.09. The van der Waals surface area contributed by atoms with Gasteiger partial charge in [-0.05, 0) is 6.08 Å². The fourth-order valence-electron chi connectivity index (χ4n) is 0.746. The van der Waals surface area contributed by atoms with Crippen LogP contribution in [-0.2, 0) is 9.53 Å². The number of hydrogen-bond donors (Lipinski definition) is 0. The Labute approximate surface area is 69.8 Å². The summed E-state index contributed by atoms with van der Waals surface area (Å²) in [5.41, 5.74) is 0. The fourth-order valence-corrected chi connectivity index (χ4v) is 0.982. The Hall–Kier alpha value is -1.03. The van der Waals surface area contributed by atoms with Gasteiger partial charge in [-0.1, -0.05) is 18.3 Å². The topological polar surface area (TPSA) is 38.7 Å². The first kappa shape index (κ1) is 8.07. The highest BCUT2D eigenvalue weighted by atomic mass is 32.1. The summed E-state index contributed by atoms with van der Waals surface area (Å²) in [5.74, 6) is -0.830. The van der Waals surface area contributed by atoms with E-state index in [4.69, 9.17) is 12.2 Å². The Kier molecular flexibility index (Phi) is 2.48. The van der Waals surface area contributed by atoms with Crippen LogP contribution in [-0.4, -0.2) is 24.3 Å². The molecule has 0 bridgehead atoms. The first-order valence-electron chi connectivity index (χ1n) is 3.08. The van der Waals surface area contributed by atoms with Gasteiger partial charge in [0.15, 0.2) is 0 Å². The molecule has 3 nitrogen and oxygen atoms in total. The van der Waals surface area contributed by atoms with Crippen LogP contribution in [0.15, 0.2) is 17.1 Å². The fraction of sp³-hybridized carbons (Fsp3) is 0.286. The zero-order valence-electron chi connectivity index (χ0n) is 5.98. The van der Waals surface area contributed by atoms with E-state index in [-0.39, 0.29) is 5.97 Å². The summed E-state index contributed by atoms with van der Waals surface area (Å²) in [7, 11) is 1.33. The van der Waals surface area contributed by atoms with Gasteiger partial charge in [-0.2, -0.15) is 0 Å². The molecular weight excluding hydrogens is 162 g/mol. The van der Waals surface area contributed by atoms with Crippen molar-refractivity contribution in [2.45, 2.75) is 0 Å². The monoisotopic (exact) mass is 169 g/mol. The first-order chi connectivity index (χ1) is 5.25. The molecule has 1 aliphatic heterocycles. The van der Waals surface area contributed by atoms with Gasteiger partial charge in [0.1, 0.15) is 10.9 Å². The zero-order chi connectivity index (χ0) is 8.27. The van der Waals surface area contributed by atoms with E-state index in [9.17, 15) is 4.79 Å². The average molecular weight is 169 g/mol. The van der Waals surface area contributed by atoms with Crippen LogP contribution < -0.4 is 0 Å². The third kappa shape index (κ3) is 1.71. The van der Waals surface area contributed by atoms with Crippen molar-refractivity contribution in [3.63, 3.8) is 0 Å². The number of methoxy groups -OCH3 is 1. The van der Waals surface area contributed by atoms with Crippen LogP contribution in [0, 0.1) is 5.92 Å². The predicted octanol–water partition coefficient (Wildman–Crippen LogP) is 0.744. The van der Waals surface area contributed by atoms with Crippen LogP contribution in [0.2, 0.25) is 0 Å². The molecule has 1 unspecified atom stereocenters. The normalized spacial score (nSPS) is 21.9. The number of rotatable bonds is 1. The molecule has 0 aromatic rings. The Morgan fingerprint density at radius 1 is 1.82 bits per heavy atom. The van der Waals surface area contributed by atoms with Crippen LogP contribution >= 0.6 is 12.2 Å². The second-order valence-corrected chi connectivity index (χ2v) is 2.42. The highest BCUT2D eigenvalue weighted by Gasteiger charge is 2.21. The number of hydrogen-bond acceptors (Lipinski definition) is 3. The van der Waals surface area contributed by atoms with Gasteiger partial charge < -0.3 is 4.74 Å². The Bertz CT molecular complexity index is 245. The summed E-state index contributed by atoms with van der Waals surface area (Å²) in [6.07, 6.45) is 4.90. The van der Waals surface area contributed by atoms with Crippen molar-refractivity contribution in [2.75, 3.05) is 7.11 Å². The molecule has 0 N–H and O–H groups in total. The number of allylic oxidation sites excluding steroid dienone is 1. The third-order valence-electron chi connectivity index (χ3n) is 1.31. The van der Waals surface area contributed by atoms with Crippen molar-refractivity contribution in [3.8, 4) is 0 Å².